The SMILES string of the molecule is O=C1c2cc([N+](=O)[O-])ccc2CCC1N1CCN(CCc2ccccn2)CC1. The van der Waals surface area contributed by atoms with Crippen LogP contribution in [0.1, 0.15) is 28.0 Å². The van der Waals surface area contributed by atoms with E-state index in [4.69, 9.17) is 0 Å². The van der Waals surface area contributed by atoms with E-state index in [2.05, 4.69) is 14.8 Å². The van der Waals surface area contributed by atoms with Crippen LogP contribution in [0.2, 0.25) is 0 Å². The Bertz CT molecular complexity index is 863. The number of aryl methyl sites for hydroxylation is 1. The van der Waals surface area contributed by atoms with E-state index < -0.39 is 4.92 Å². The number of hydrogen-bond donors (Lipinski definition) is 0. The molecule has 1 aliphatic heterocycles. The maximum absolute atomic E-state index is 13.0. The molecule has 2 aliphatic rings. The average Bonchev–Trinajstić information content (AvgIpc) is 2.73. The Morgan fingerprint density at radius 2 is 1.96 bits per heavy atom. The van der Waals surface area contributed by atoms with Gasteiger partial charge in [-0.25, -0.2) is 0 Å². The topological polar surface area (TPSA) is 79.6 Å². The van der Waals surface area contributed by atoms with Gasteiger partial charge in [0.05, 0.1) is 11.0 Å². The van der Waals surface area contributed by atoms with E-state index in [1.165, 1.54) is 12.1 Å². The zero-order chi connectivity index (χ0) is 19.5. The van der Waals surface area contributed by atoms with Gasteiger partial charge in [0.1, 0.15) is 0 Å². The van der Waals surface area contributed by atoms with Crippen molar-refractivity contribution >= 4 is 11.5 Å². The number of benzene rings is 1. The maximum Gasteiger partial charge on any atom is 0.270 e. The minimum Gasteiger partial charge on any atom is -0.300 e. The number of nitro benzene ring substituents is 1. The van der Waals surface area contributed by atoms with Gasteiger partial charge >= 0.3 is 0 Å². The first-order chi connectivity index (χ1) is 13.6. The summed E-state index contributed by atoms with van der Waals surface area (Å²) in [5.41, 5.74) is 2.56. The van der Waals surface area contributed by atoms with Gasteiger partial charge < -0.3 is 4.90 Å². The minimum atomic E-state index is -0.433. The number of fused-ring (bicyclic) bond motifs is 1. The Labute approximate surface area is 164 Å². The third-order valence-corrected chi connectivity index (χ3v) is 5.82. The van der Waals surface area contributed by atoms with E-state index >= 15 is 0 Å². The van der Waals surface area contributed by atoms with Crippen LogP contribution in [0.15, 0.2) is 42.6 Å². The molecule has 0 spiro atoms. The van der Waals surface area contributed by atoms with Crippen LogP contribution < -0.4 is 0 Å². The molecule has 0 bridgehead atoms. The maximum atomic E-state index is 13.0. The number of rotatable bonds is 5. The van der Waals surface area contributed by atoms with Gasteiger partial charge in [0, 0.05) is 68.7 Å². The summed E-state index contributed by atoms with van der Waals surface area (Å²) in [5, 5.41) is 11.1. The molecule has 7 nitrogen and oxygen atoms in total. The first-order valence-corrected chi connectivity index (χ1v) is 9.79. The molecule has 0 amide bonds. The molecule has 1 unspecified atom stereocenters. The Morgan fingerprint density at radius 1 is 1.14 bits per heavy atom. The number of non-ortho nitro benzene ring substituents is 1. The quantitative estimate of drug-likeness (QED) is 0.585. The molecular weight excluding hydrogens is 356 g/mol. The number of nitrogens with zero attached hydrogens (tertiary/aromatic N) is 4. The number of pyridine rings is 1. The van der Waals surface area contributed by atoms with Crippen molar-refractivity contribution in [3.63, 3.8) is 0 Å². The number of carbonyl (C=O) groups is 1. The van der Waals surface area contributed by atoms with Crippen LogP contribution in [0, 0.1) is 10.1 Å². The summed E-state index contributed by atoms with van der Waals surface area (Å²) >= 11 is 0. The highest BCUT2D eigenvalue weighted by molar-refractivity contribution is 6.02. The van der Waals surface area contributed by atoms with E-state index in [-0.39, 0.29) is 17.5 Å². The second kappa shape index (κ2) is 8.16. The molecule has 146 valence electrons. The van der Waals surface area contributed by atoms with Crippen LogP contribution >= 0.6 is 0 Å². The van der Waals surface area contributed by atoms with Crippen LogP contribution in [0.3, 0.4) is 0 Å². The second-order valence-corrected chi connectivity index (χ2v) is 7.47. The van der Waals surface area contributed by atoms with Crippen molar-refractivity contribution in [1.29, 1.82) is 0 Å². The number of hydrogen-bond acceptors (Lipinski definition) is 6. The van der Waals surface area contributed by atoms with Gasteiger partial charge in [-0.1, -0.05) is 12.1 Å². The van der Waals surface area contributed by atoms with Crippen molar-refractivity contribution in [2.45, 2.75) is 25.3 Å². The summed E-state index contributed by atoms with van der Waals surface area (Å²) in [7, 11) is 0. The molecular formula is C21H24N4O3. The number of Topliss-reactive ketones (excluding diaryl/α,β-unsaturated/α-hetero) is 1. The molecule has 0 radical (unpaired) electrons. The molecule has 1 aromatic carbocycles. The summed E-state index contributed by atoms with van der Waals surface area (Å²) in [6.45, 7) is 4.53. The monoisotopic (exact) mass is 380 g/mol. The Hall–Kier alpha value is -2.64. The molecule has 2 aromatic rings. The summed E-state index contributed by atoms with van der Waals surface area (Å²) in [6, 6.07) is 10.5. The lowest BCUT2D eigenvalue weighted by molar-refractivity contribution is -0.384. The molecule has 1 saturated heterocycles. The third-order valence-electron chi connectivity index (χ3n) is 5.82. The summed E-state index contributed by atoms with van der Waals surface area (Å²) in [5.74, 6) is 0.0342. The zero-order valence-corrected chi connectivity index (χ0v) is 15.8. The van der Waals surface area contributed by atoms with Crippen molar-refractivity contribution < 1.29 is 9.72 Å². The molecule has 1 aliphatic carbocycles. The zero-order valence-electron chi connectivity index (χ0n) is 15.8. The second-order valence-electron chi connectivity index (χ2n) is 7.47. The first kappa shape index (κ1) is 18.7. The highest BCUT2D eigenvalue weighted by atomic mass is 16.6. The van der Waals surface area contributed by atoms with Gasteiger partial charge in [0.15, 0.2) is 5.78 Å². The fourth-order valence-electron chi connectivity index (χ4n) is 4.19. The molecule has 28 heavy (non-hydrogen) atoms. The van der Waals surface area contributed by atoms with Gasteiger partial charge in [-0.2, -0.15) is 0 Å². The van der Waals surface area contributed by atoms with E-state index in [0.29, 0.717) is 5.56 Å². The predicted molar refractivity (Wildman–Crippen MR) is 105 cm³/mol. The largest absolute Gasteiger partial charge is 0.300 e. The summed E-state index contributed by atoms with van der Waals surface area (Å²) in [6.07, 6.45) is 4.34. The number of piperazine rings is 1. The number of ketones is 1. The van der Waals surface area contributed by atoms with E-state index in [0.717, 1.165) is 63.2 Å². The fraction of sp³-hybridized carbons (Fsp3) is 0.429. The smallest absolute Gasteiger partial charge is 0.270 e. The van der Waals surface area contributed by atoms with Gasteiger partial charge in [-0.3, -0.25) is 24.8 Å². The van der Waals surface area contributed by atoms with Crippen LogP contribution in [0.5, 0.6) is 0 Å². The van der Waals surface area contributed by atoms with Crippen molar-refractivity contribution in [3.05, 3.63) is 69.5 Å². The third kappa shape index (κ3) is 3.95. The average molecular weight is 380 g/mol. The van der Waals surface area contributed by atoms with Gasteiger partial charge in [0.25, 0.3) is 5.69 Å². The van der Waals surface area contributed by atoms with Crippen LogP contribution in [-0.4, -0.2) is 64.3 Å². The van der Waals surface area contributed by atoms with Crippen molar-refractivity contribution in [2.24, 2.45) is 0 Å². The predicted octanol–water partition coefficient (Wildman–Crippen LogP) is 2.35. The van der Waals surface area contributed by atoms with Crippen molar-refractivity contribution in [3.8, 4) is 0 Å². The molecule has 2 heterocycles. The normalized spacial score (nSPS) is 20.7. The minimum absolute atomic E-state index is 0.00732. The van der Waals surface area contributed by atoms with Crippen molar-refractivity contribution in [2.75, 3.05) is 32.7 Å². The lowest BCUT2D eigenvalue weighted by Crippen LogP contribution is -2.53. The van der Waals surface area contributed by atoms with E-state index in [9.17, 15) is 14.9 Å². The van der Waals surface area contributed by atoms with Crippen LogP contribution in [-0.2, 0) is 12.8 Å². The number of nitro groups is 1. The molecule has 1 atom stereocenters. The molecule has 0 N–H and O–H groups in total. The molecule has 0 saturated carbocycles. The van der Waals surface area contributed by atoms with Crippen LogP contribution in [0.25, 0.3) is 0 Å². The highest BCUT2D eigenvalue weighted by Gasteiger charge is 2.34. The number of aromatic nitrogens is 1. The van der Waals surface area contributed by atoms with E-state index in [1.54, 1.807) is 6.07 Å². The van der Waals surface area contributed by atoms with Gasteiger partial charge in [-0.05, 0) is 30.5 Å². The van der Waals surface area contributed by atoms with Gasteiger partial charge in [0.2, 0.25) is 0 Å². The standard InChI is InChI=1S/C21H24N4O3/c26-21-19-15-18(25(27)28)6-4-16(19)5-7-20(21)24-13-11-23(12-14-24)10-8-17-3-1-2-9-22-17/h1-4,6,9,15,20H,5,7-8,10-14H2. The molecule has 4 rings (SSSR count). The highest BCUT2D eigenvalue weighted by Crippen LogP contribution is 2.28. The Morgan fingerprint density at radius 3 is 2.68 bits per heavy atom. The van der Waals surface area contributed by atoms with Gasteiger partial charge in [-0.15, -0.1) is 0 Å². The fourth-order valence-corrected chi connectivity index (χ4v) is 4.19. The van der Waals surface area contributed by atoms with Crippen molar-refractivity contribution in [1.82, 2.24) is 14.8 Å². The Kier molecular flexibility index (Phi) is 5.45. The summed E-state index contributed by atoms with van der Waals surface area (Å²) < 4.78 is 0. The Balaban J connectivity index is 1.35. The lowest BCUT2D eigenvalue weighted by atomic mass is 9.85. The number of carbonyl (C=O) groups excluding carboxylic acids is 1. The van der Waals surface area contributed by atoms with Crippen LogP contribution in [0.4, 0.5) is 5.69 Å². The van der Waals surface area contributed by atoms with E-state index in [1.807, 2.05) is 24.4 Å². The molecule has 7 heteroatoms. The lowest BCUT2D eigenvalue weighted by Gasteiger charge is -2.40. The molecule has 1 fully saturated rings. The first-order valence-electron chi connectivity index (χ1n) is 9.79. The summed E-state index contributed by atoms with van der Waals surface area (Å²) in [4.78, 5) is 32.7. The molecule has 1 aromatic heterocycles.